The normalized spacial score (nSPS) is 40.1. The van der Waals surface area contributed by atoms with E-state index in [4.69, 9.17) is 0 Å². The summed E-state index contributed by atoms with van der Waals surface area (Å²) in [5, 5.41) is 0. The maximum Gasteiger partial charge on any atom is 0.0101 e. The third-order valence-corrected chi connectivity index (χ3v) is 25.0. The molecule has 370 valence electrons. The Hall–Kier alpha value is -5.20. The van der Waals surface area contributed by atoms with E-state index in [1.54, 1.807) is 16.7 Å². The minimum Gasteiger partial charge on any atom is -0.0758 e. The van der Waals surface area contributed by atoms with Crippen LogP contribution in [-0.4, -0.2) is 0 Å². The molecule has 7 aliphatic rings. The topological polar surface area (TPSA) is 0 Å². The number of hydrogen-bond acceptors (Lipinski definition) is 0. The minimum absolute atomic E-state index is 0.156. The average molecular weight is 947 g/mol. The Labute approximate surface area is 434 Å². The van der Waals surface area contributed by atoms with Gasteiger partial charge >= 0.3 is 0 Å². The zero-order valence-corrected chi connectivity index (χ0v) is 45.7. The van der Waals surface area contributed by atoms with Gasteiger partial charge in [0.1, 0.15) is 0 Å². The Kier molecular flexibility index (Phi) is 10.7. The zero-order valence-electron chi connectivity index (χ0n) is 45.7. The summed E-state index contributed by atoms with van der Waals surface area (Å²) >= 11 is 0. The Morgan fingerprint density at radius 1 is 0.333 bits per heavy atom. The highest BCUT2D eigenvalue weighted by atomic mass is 15.0. The van der Waals surface area contributed by atoms with Crippen LogP contribution in [-0.2, 0) is 0 Å². The summed E-state index contributed by atoms with van der Waals surface area (Å²) < 4.78 is 0. The van der Waals surface area contributed by atoms with Gasteiger partial charge in [0.25, 0.3) is 0 Å². The third kappa shape index (κ3) is 4.83. The average Bonchev–Trinajstić information content (AvgIpc) is 4.29. The van der Waals surface area contributed by atoms with Crippen LogP contribution < -0.4 is 0 Å². The summed E-state index contributed by atoms with van der Waals surface area (Å²) in [5.41, 5.74) is 12.4. The SMILES string of the molecule is CCCC1(CC)C(CC)(C2C=Cc3ccccc32)C(C)(CC)C2(C)C(C)(C3C=Cc4ccccc43)C(CC)(C3C=Cc4ccccc43)C(C)(CC)C(C)(C3C=Cc4ccccc43)C12C1C=Cc2ccccc21. The van der Waals surface area contributed by atoms with E-state index in [2.05, 4.69) is 258 Å². The first-order valence-electron chi connectivity index (χ1n) is 28.7. The van der Waals surface area contributed by atoms with Crippen LogP contribution in [0.25, 0.3) is 30.4 Å². The Morgan fingerprint density at radius 2 is 0.667 bits per heavy atom. The molecule has 0 spiro atoms. The summed E-state index contributed by atoms with van der Waals surface area (Å²) in [4.78, 5) is 0. The molecule has 5 aromatic carbocycles. The largest absolute Gasteiger partial charge is 0.0758 e. The van der Waals surface area contributed by atoms with Crippen LogP contribution in [0, 0.1) is 48.7 Å². The number of fused-ring (bicyclic) bond motifs is 6. The number of benzene rings is 5. The molecule has 0 nitrogen and oxygen atoms in total. The van der Waals surface area contributed by atoms with Gasteiger partial charge in [-0.25, -0.2) is 0 Å². The van der Waals surface area contributed by atoms with Crippen molar-refractivity contribution in [1.82, 2.24) is 0 Å². The lowest BCUT2D eigenvalue weighted by molar-refractivity contribution is -0.372. The molecular weight excluding hydrogens is 865 g/mol. The van der Waals surface area contributed by atoms with E-state index in [9.17, 15) is 0 Å². The Morgan fingerprint density at radius 3 is 1.04 bits per heavy atom. The van der Waals surface area contributed by atoms with Gasteiger partial charge in [0.15, 0.2) is 0 Å². The van der Waals surface area contributed by atoms with Crippen molar-refractivity contribution < 1.29 is 0 Å². The van der Waals surface area contributed by atoms with Crippen LogP contribution in [0.1, 0.15) is 206 Å². The molecule has 0 aliphatic heterocycles. The zero-order chi connectivity index (χ0) is 50.3. The smallest absolute Gasteiger partial charge is 0.0101 e. The van der Waals surface area contributed by atoms with Crippen LogP contribution >= 0.6 is 0 Å². The lowest BCUT2D eigenvalue weighted by Crippen LogP contribution is -2.82. The summed E-state index contributed by atoms with van der Waals surface area (Å²) in [6, 6.07) is 48.3. The maximum atomic E-state index is 3.05. The van der Waals surface area contributed by atoms with Crippen molar-refractivity contribution in [2.45, 2.75) is 151 Å². The van der Waals surface area contributed by atoms with Crippen molar-refractivity contribution >= 4 is 30.4 Å². The summed E-state index contributed by atoms with van der Waals surface area (Å²) in [6.45, 7) is 30.9. The second-order valence-corrected chi connectivity index (χ2v) is 24.9. The number of hydrogen-bond donors (Lipinski definition) is 0. The predicted molar refractivity (Wildman–Crippen MR) is 308 cm³/mol. The standard InChI is InChI=1S/C72H82/c1-12-48-69(15-4)71(17-6,62-46-41-52-31-21-26-36-57(52)62)65(8,14-3)68(11)67(10,60-44-39-50-29-19-24-34-55(50)60)70(16-5,61-45-40-51-30-20-25-35-56(51)61)64(7,13-2)66(9,59-43-38-49-28-18-23-33-54(49)59)72(68,69)63-47-42-53-32-22-27-37-58(53)63/h18-47,59-63H,12-17,48H2,1-11H3. The molecule has 14 unspecified atom stereocenters. The Balaban J connectivity index is 1.40. The van der Waals surface area contributed by atoms with E-state index in [1.165, 1.54) is 45.4 Å². The second kappa shape index (κ2) is 16.1. The molecule has 0 N–H and O–H groups in total. The molecule has 0 saturated heterocycles. The first-order valence-corrected chi connectivity index (χ1v) is 28.7. The predicted octanol–water partition coefficient (Wildman–Crippen LogP) is 19.9. The highest BCUT2D eigenvalue weighted by molar-refractivity contribution is 5.72. The fraction of sp³-hybridized carbons (Fsp3) is 0.444. The molecule has 14 atom stereocenters. The van der Waals surface area contributed by atoms with Gasteiger partial charge in [0.2, 0.25) is 0 Å². The molecule has 2 fully saturated rings. The second-order valence-electron chi connectivity index (χ2n) is 24.9. The molecule has 12 rings (SSSR count). The van der Waals surface area contributed by atoms with Gasteiger partial charge in [-0.05, 0) is 137 Å². The number of allylic oxidation sites excluding steroid dienone is 5. The van der Waals surface area contributed by atoms with E-state index in [1.807, 2.05) is 0 Å². The highest BCUT2D eigenvalue weighted by Gasteiger charge is 2.97. The van der Waals surface area contributed by atoms with E-state index in [-0.39, 0.29) is 78.3 Å². The van der Waals surface area contributed by atoms with Gasteiger partial charge in [-0.2, -0.15) is 0 Å². The lowest BCUT2D eigenvalue weighted by atomic mass is 9.16. The monoisotopic (exact) mass is 947 g/mol. The molecule has 0 radical (unpaired) electrons. The minimum atomic E-state index is -0.344. The molecule has 0 heteroatoms. The van der Waals surface area contributed by atoms with E-state index in [0.717, 1.165) is 38.5 Å². The molecule has 72 heavy (non-hydrogen) atoms. The van der Waals surface area contributed by atoms with Gasteiger partial charge < -0.3 is 0 Å². The van der Waals surface area contributed by atoms with Crippen molar-refractivity contribution in [3.63, 3.8) is 0 Å². The summed E-state index contributed by atoms with van der Waals surface area (Å²) in [5.74, 6) is 0.941. The quantitative estimate of drug-likeness (QED) is 0.117. The van der Waals surface area contributed by atoms with Crippen LogP contribution in [0.15, 0.2) is 152 Å². The van der Waals surface area contributed by atoms with Gasteiger partial charge in [0.05, 0.1) is 0 Å². The van der Waals surface area contributed by atoms with Crippen LogP contribution in [0.4, 0.5) is 0 Å². The van der Waals surface area contributed by atoms with Crippen LogP contribution in [0.5, 0.6) is 0 Å². The van der Waals surface area contributed by atoms with Gasteiger partial charge in [-0.1, -0.05) is 265 Å². The van der Waals surface area contributed by atoms with E-state index >= 15 is 0 Å². The maximum absolute atomic E-state index is 3.05. The molecule has 5 aromatic rings. The first kappa shape index (κ1) is 47.8. The molecule has 0 aromatic heterocycles. The van der Waals surface area contributed by atoms with Gasteiger partial charge in [-0.3, -0.25) is 0 Å². The van der Waals surface area contributed by atoms with Crippen molar-refractivity contribution in [3.05, 3.63) is 207 Å². The Bertz CT molecular complexity index is 3130. The fourth-order valence-corrected chi connectivity index (χ4v) is 23.0. The summed E-state index contributed by atoms with van der Waals surface area (Å²) in [6.07, 6.45) is 34.5. The van der Waals surface area contributed by atoms with Crippen molar-refractivity contribution in [3.8, 4) is 0 Å². The summed E-state index contributed by atoms with van der Waals surface area (Å²) in [7, 11) is 0. The van der Waals surface area contributed by atoms with Crippen molar-refractivity contribution in [1.29, 1.82) is 0 Å². The fourth-order valence-electron chi connectivity index (χ4n) is 23.0. The number of rotatable bonds is 12. The van der Waals surface area contributed by atoms with E-state index in [0.29, 0.717) is 0 Å². The molecule has 0 bridgehead atoms. The third-order valence-electron chi connectivity index (χ3n) is 25.0. The molecule has 0 amide bonds. The van der Waals surface area contributed by atoms with E-state index < -0.39 is 0 Å². The van der Waals surface area contributed by atoms with Gasteiger partial charge in [-0.15, -0.1) is 0 Å². The van der Waals surface area contributed by atoms with Crippen molar-refractivity contribution in [2.75, 3.05) is 0 Å². The molecular formula is C72H82. The highest BCUT2D eigenvalue weighted by Crippen LogP contribution is 3.02. The molecule has 0 heterocycles. The molecule has 2 saturated carbocycles. The molecule has 7 aliphatic carbocycles. The van der Waals surface area contributed by atoms with Crippen LogP contribution in [0.3, 0.4) is 0 Å². The lowest BCUT2D eigenvalue weighted by Gasteiger charge is -2.86. The van der Waals surface area contributed by atoms with Crippen molar-refractivity contribution in [2.24, 2.45) is 48.7 Å². The van der Waals surface area contributed by atoms with Gasteiger partial charge in [0, 0.05) is 35.0 Å². The first-order chi connectivity index (χ1) is 34.8. The van der Waals surface area contributed by atoms with Crippen LogP contribution in [0.2, 0.25) is 0 Å².